The lowest BCUT2D eigenvalue weighted by Gasteiger charge is -2.13. The highest BCUT2D eigenvalue weighted by Gasteiger charge is 2.28. The van der Waals surface area contributed by atoms with Crippen LogP contribution in [0.3, 0.4) is 0 Å². The molecule has 1 saturated heterocycles. The number of imide groups is 1. The van der Waals surface area contributed by atoms with E-state index < -0.39 is 11.9 Å². The van der Waals surface area contributed by atoms with Crippen LogP contribution in [0.4, 0.5) is 16.2 Å². The zero-order valence-corrected chi connectivity index (χ0v) is 16.3. The summed E-state index contributed by atoms with van der Waals surface area (Å²) in [6, 6.07) is 16.1. The molecular formula is C22H18N4O5. The van der Waals surface area contributed by atoms with Crippen LogP contribution in [0.25, 0.3) is 0 Å². The van der Waals surface area contributed by atoms with Crippen LogP contribution < -0.4 is 16.0 Å². The minimum atomic E-state index is -0.437. The molecule has 0 bridgehead atoms. The van der Waals surface area contributed by atoms with Crippen molar-refractivity contribution in [1.29, 1.82) is 0 Å². The number of anilines is 2. The lowest BCUT2D eigenvalue weighted by Crippen LogP contribution is -2.30. The number of hydrogen-bond acceptors (Lipinski definition) is 5. The summed E-state index contributed by atoms with van der Waals surface area (Å²) in [6.45, 7) is 0.102. The van der Waals surface area contributed by atoms with Crippen molar-refractivity contribution in [2.24, 2.45) is 0 Å². The zero-order valence-electron chi connectivity index (χ0n) is 16.3. The van der Waals surface area contributed by atoms with Gasteiger partial charge in [0.25, 0.3) is 11.8 Å². The summed E-state index contributed by atoms with van der Waals surface area (Å²) < 4.78 is 5.06. The number of rotatable bonds is 6. The Morgan fingerprint density at radius 3 is 2.39 bits per heavy atom. The van der Waals surface area contributed by atoms with Crippen molar-refractivity contribution in [2.45, 2.75) is 6.54 Å². The monoisotopic (exact) mass is 418 g/mol. The summed E-state index contributed by atoms with van der Waals surface area (Å²) in [5.74, 6) is -0.929. The fourth-order valence-electron chi connectivity index (χ4n) is 3.09. The van der Waals surface area contributed by atoms with Gasteiger partial charge in [0.15, 0.2) is 5.76 Å². The number of carbonyl (C=O) groups is 4. The first-order valence-electron chi connectivity index (χ1n) is 9.43. The molecule has 2 aromatic carbocycles. The number of nitrogens with zero attached hydrogens (tertiary/aromatic N) is 1. The third-order valence-electron chi connectivity index (χ3n) is 4.59. The minimum Gasteiger partial charge on any atom is -0.459 e. The van der Waals surface area contributed by atoms with Crippen LogP contribution in [0.2, 0.25) is 0 Å². The number of furan rings is 1. The first-order valence-corrected chi connectivity index (χ1v) is 9.43. The summed E-state index contributed by atoms with van der Waals surface area (Å²) in [5, 5.41) is 7.92. The van der Waals surface area contributed by atoms with Crippen LogP contribution in [0.1, 0.15) is 26.5 Å². The molecule has 3 N–H and O–H groups in total. The van der Waals surface area contributed by atoms with Crippen LogP contribution in [-0.4, -0.2) is 35.2 Å². The van der Waals surface area contributed by atoms with Gasteiger partial charge in [-0.15, -0.1) is 0 Å². The van der Waals surface area contributed by atoms with Gasteiger partial charge in [-0.25, -0.2) is 4.79 Å². The molecule has 9 heteroatoms. The van der Waals surface area contributed by atoms with Gasteiger partial charge in [-0.1, -0.05) is 18.2 Å². The molecule has 9 nitrogen and oxygen atoms in total. The molecular weight excluding hydrogens is 400 g/mol. The third-order valence-corrected chi connectivity index (χ3v) is 4.59. The van der Waals surface area contributed by atoms with Crippen molar-refractivity contribution < 1.29 is 23.6 Å². The molecule has 0 atom stereocenters. The van der Waals surface area contributed by atoms with E-state index in [1.807, 2.05) is 0 Å². The number of nitrogens with one attached hydrogen (secondary N) is 3. The quantitative estimate of drug-likeness (QED) is 0.532. The Labute approximate surface area is 177 Å². The Balaban J connectivity index is 1.43. The van der Waals surface area contributed by atoms with E-state index in [0.29, 0.717) is 22.5 Å². The summed E-state index contributed by atoms with van der Waals surface area (Å²) in [5.41, 5.74) is 2.00. The van der Waals surface area contributed by atoms with Gasteiger partial charge in [-0.2, -0.15) is 0 Å². The van der Waals surface area contributed by atoms with Gasteiger partial charge in [0.2, 0.25) is 5.91 Å². The maximum atomic E-state index is 12.7. The van der Waals surface area contributed by atoms with E-state index in [-0.39, 0.29) is 30.7 Å². The molecule has 0 spiro atoms. The average molecular weight is 418 g/mol. The maximum absolute atomic E-state index is 12.7. The van der Waals surface area contributed by atoms with Gasteiger partial charge < -0.3 is 20.4 Å². The van der Waals surface area contributed by atoms with Crippen LogP contribution in [-0.2, 0) is 11.3 Å². The molecule has 1 fully saturated rings. The van der Waals surface area contributed by atoms with Crippen molar-refractivity contribution in [1.82, 2.24) is 10.2 Å². The number of hydrogen-bond donors (Lipinski definition) is 3. The van der Waals surface area contributed by atoms with Gasteiger partial charge in [0.05, 0.1) is 19.4 Å². The first-order chi connectivity index (χ1) is 15.0. The maximum Gasteiger partial charge on any atom is 0.324 e. The topological polar surface area (TPSA) is 121 Å². The molecule has 0 aliphatic carbocycles. The van der Waals surface area contributed by atoms with E-state index in [2.05, 4.69) is 16.0 Å². The Morgan fingerprint density at radius 1 is 0.935 bits per heavy atom. The number of benzene rings is 2. The van der Waals surface area contributed by atoms with E-state index in [1.54, 1.807) is 54.6 Å². The van der Waals surface area contributed by atoms with E-state index >= 15 is 0 Å². The molecule has 2 heterocycles. The number of amides is 5. The molecule has 5 amide bonds. The molecule has 156 valence electrons. The van der Waals surface area contributed by atoms with Crippen molar-refractivity contribution in [3.63, 3.8) is 0 Å². The minimum absolute atomic E-state index is 0.0118. The first kappa shape index (κ1) is 19.9. The summed E-state index contributed by atoms with van der Waals surface area (Å²) in [6.07, 6.45) is 1.40. The fraction of sp³-hybridized carbons (Fsp3) is 0.0909. The fourth-order valence-corrected chi connectivity index (χ4v) is 3.09. The molecule has 4 rings (SSSR count). The predicted molar refractivity (Wildman–Crippen MR) is 111 cm³/mol. The van der Waals surface area contributed by atoms with E-state index in [0.717, 1.165) is 4.90 Å². The summed E-state index contributed by atoms with van der Waals surface area (Å²) in [4.78, 5) is 49.4. The molecule has 1 aromatic heterocycles. The standard InChI is InChI=1S/C22H18N4O5/c27-19-12-23-22(30)26(19)13-14-4-1-6-16(10-14)24-20(28)15-5-2-7-17(11-15)25-21(29)18-8-3-9-31-18/h1-11H,12-13H2,(H,23,30)(H,24,28)(H,25,29). The van der Waals surface area contributed by atoms with Gasteiger partial charge in [0, 0.05) is 16.9 Å². The van der Waals surface area contributed by atoms with Gasteiger partial charge in [-0.3, -0.25) is 19.3 Å². The Morgan fingerprint density at radius 2 is 1.68 bits per heavy atom. The van der Waals surface area contributed by atoms with Crippen LogP contribution in [0.15, 0.2) is 71.3 Å². The molecule has 1 aliphatic heterocycles. The van der Waals surface area contributed by atoms with Crippen molar-refractivity contribution in [3.8, 4) is 0 Å². The van der Waals surface area contributed by atoms with Crippen LogP contribution in [0, 0.1) is 0 Å². The van der Waals surface area contributed by atoms with Gasteiger partial charge in [-0.05, 0) is 48.0 Å². The highest BCUT2D eigenvalue weighted by molar-refractivity contribution is 6.06. The SMILES string of the molecule is O=C(Nc1cccc(CN2C(=O)CNC2=O)c1)c1cccc(NC(=O)c2ccco2)c1. The van der Waals surface area contributed by atoms with Crippen molar-refractivity contribution in [2.75, 3.05) is 17.2 Å². The van der Waals surface area contributed by atoms with Crippen molar-refractivity contribution >= 4 is 35.1 Å². The largest absolute Gasteiger partial charge is 0.459 e. The lowest BCUT2D eigenvalue weighted by atomic mass is 10.1. The Kier molecular flexibility index (Phi) is 5.48. The van der Waals surface area contributed by atoms with Gasteiger partial charge in [0.1, 0.15) is 0 Å². The van der Waals surface area contributed by atoms with Crippen LogP contribution in [0.5, 0.6) is 0 Å². The highest BCUT2D eigenvalue weighted by Crippen LogP contribution is 2.17. The number of carbonyl (C=O) groups excluding carboxylic acids is 4. The lowest BCUT2D eigenvalue weighted by molar-refractivity contribution is -0.125. The second kappa shape index (κ2) is 8.54. The van der Waals surface area contributed by atoms with Crippen LogP contribution >= 0.6 is 0 Å². The van der Waals surface area contributed by atoms with E-state index in [4.69, 9.17) is 4.42 Å². The third kappa shape index (κ3) is 4.61. The smallest absolute Gasteiger partial charge is 0.324 e. The molecule has 31 heavy (non-hydrogen) atoms. The molecule has 0 radical (unpaired) electrons. The molecule has 0 saturated carbocycles. The van der Waals surface area contributed by atoms with Crippen molar-refractivity contribution in [3.05, 3.63) is 83.8 Å². The average Bonchev–Trinajstić information content (AvgIpc) is 3.41. The summed E-state index contributed by atoms with van der Waals surface area (Å²) >= 11 is 0. The van der Waals surface area contributed by atoms with Gasteiger partial charge >= 0.3 is 6.03 Å². The zero-order chi connectivity index (χ0) is 21.8. The molecule has 3 aromatic rings. The van der Waals surface area contributed by atoms with E-state index in [1.165, 1.54) is 12.3 Å². The summed E-state index contributed by atoms with van der Waals surface area (Å²) in [7, 11) is 0. The molecule has 1 aliphatic rings. The normalized spacial score (nSPS) is 13.1. The highest BCUT2D eigenvalue weighted by atomic mass is 16.3. The Hall–Kier alpha value is -4.40. The molecule has 0 unspecified atom stereocenters. The Bertz CT molecular complexity index is 1140. The predicted octanol–water partition coefficient (Wildman–Crippen LogP) is 2.84. The van der Waals surface area contributed by atoms with E-state index in [9.17, 15) is 19.2 Å². The number of urea groups is 1. The second-order valence-electron chi connectivity index (χ2n) is 6.81. The second-order valence-corrected chi connectivity index (χ2v) is 6.81.